The van der Waals surface area contributed by atoms with Gasteiger partial charge in [-0.3, -0.25) is 14.4 Å². The molecule has 186 valence electrons. The minimum Gasteiger partial charge on any atom is -0.458 e. The first kappa shape index (κ1) is 23.8. The highest BCUT2D eigenvalue weighted by Gasteiger charge is 2.80. The van der Waals surface area contributed by atoms with E-state index in [0.717, 1.165) is 0 Å². The highest BCUT2D eigenvalue weighted by atomic mass is 19.1. The molecule has 1 aliphatic heterocycles. The van der Waals surface area contributed by atoms with Crippen molar-refractivity contribution in [3.8, 4) is 0 Å². The molecule has 7 nitrogen and oxygen atoms in total. The third-order valence-electron chi connectivity index (χ3n) is 9.45. The Morgan fingerprint density at radius 2 is 1.94 bits per heavy atom. The van der Waals surface area contributed by atoms with E-state index in [1.54, 1.807) is 26.8 Å². The van der Waals surface area contributed by atoms with Crippen LogP contribution in [0, 0.1) is 22.7 Å². The smallest absolute Gasteiger partial charge is 0.303 e. The fourth-order valence-electron chi connectivity index (χ4n) is 8.08. The third kappa shape index (κ3) is 2.76. The van der Waals surface area contributed by atoms with Gasteiger partial charge in [0.25, 0.3) is 0 Å². The van der Waals surface area contributed by atoms with Crippen LogP contribution in [0.3, 0.4) is 0 Å². The van der Waals surface area contributed by atoms with Crippen molar-refractivity contribution in [3.05, 3.63) is 23.8 Å². The number of carbonyl (C=O) groups excluding carboxylic acids is 3. The number of rotatable bonds is 3. The quantitative estimate of drug-likeness (QED) is 0.625. The molecule has 8 atom stereocenters. The van der Waals surface area contributed by atoms with Gasteiger partial charge < -0.3 is 19.3 Å². The molecule has 8 heteroatoms. The van der Waals surface area contributed by atoms with Crippen molar-refractivity contribution in [1.82, 2.24) is 0 Å². The number of aliphatic hydroxyl groups is 1. The molecule has 4 fully saturated rings. The van der Waals surface area contributed by atoms with Crippen molar-refractivity contribution >= 4 is 17.5 Å². The first-order valence-electron chi connectivity index (χ1n) is 12.1. The molecule has 0 aromatic rings. The molecule has 0 aromatic heterocycles. The molecular formula is C26H33FO7. The molecule has 0 bridgehead atoms. The van der Waals surface area contributed by atoms with E-state index in [9.17, 15) is 19.5 Å². The van der Waals surface area contributed by atoms with E-state index in [-0.39, 0.29) is 18.1 Å². The Balaban J connectivity index is 1.60. The number of Topliss-reactive ketones (excluding diaryl/α,β-unsaturated/α-hetero) is 1. The maximum atomic E-state index is 17.3. The second-order valence-electron chi connectivity index (χ2n) is 11.5. The van der Waals surface area contributed by atoms with E-state index < -0.39 is 64.4 Å². The van der Waals surface area contributed by atoms with Gasteiger partial charge in [-0.1, -0.05) is 18.6 Å². The Morgan fingerprint density at radius 3 is 2.62 bits per heavy atom. The van der Waals surface area contributed by atoms with Gasteiger partial charge in [0, 0.05) is 23.7 Å². The average molecular weight is 477 g/mol. The van der Waals surface area contributed by atoms with E-state index in [1.807, 2.05) is 6.92 Å². The second-order valence-corrected chi connectivity index (χ2v) is 11.5. The van der Waals surface area contributed by atoms with Crippen molar-refractivity contribution in [2.24, 2.45) is 22.7 Å². The Bertz CT molecular complexity index is 1030. The average Bonchev–Trinajstić information content (AvgIpc) is 3.14. The monoisotopic (exact) mass is 476 g/mol. The van der Waals surface area contributed by atoms with Crippen LogP contribution in [0.1, 0.15) is 60.3 Å². The van der Waals surface area contributed by atoms with Crippen LogP contribution in [0.2, 0.25) is 0 Å². The molecular weight excluding hydrogens is 443 g/mol. The predicted octanol–water partition coefficient (Wildman–Crippen LogP) is 2.99. The summed E-state index contributed by atoms with van der Waals surface area (Å²) in [4.78, 5) is 37.1. The molecule has 1 heterocycles. The van der Waals surface area contributed by atoms with Gasteiger partial charge in [0.1, 0.15) is 0 Å². The summed E-state index contributed by atoms with van der Waals surface area (Å²) < 4.78 is 34.9. The zero-order valence-corrected chi connectivity index (χ0v) is 20.4. The summed E-state index contributed by atoms with van der Waals surface area (Å²) in [6, 6.07) is 0. The van der Waals surface area contributed by atoms with Crippen LogP contribution in [0.25, 0.3) is 0 Å². The minimum atomic E-state index is -2.01. The first-order chi connectivity index (χ1) is 15.7. The number of hydrogen-bond donors (Lipinski definition) is 1. The van der Waals surface area contributed by atoms with Gasteiger partial charge in [0.15, 0.2) is 29.4 Å². The topological polar surface area (TPSA) is 99.1 Å². The van der Waals surface area contributed by atoms with Gasteiger partial charge in [0.05, 0.1) is 12.2 Å². The van der Waals surface area contributed by atoms with Crippen molar-refractivity contribution in [2.75, 3.05) is 6.61 Å². The summed E-state index contributed by atoms with van der Waals surface area (Å²) in [6.07, 6.45) is 3.81. The van der Waals surface area contributed by atoms with E-state index >= 15 is 4.39 Å². The molecule has 1 saturated heterocycles. The normalized spacial score (nSPS) is 48.3. The molecule has 5 aliphatic rings. The van der Waals surface area contributed by atoms with E-state index in [1.165, 1.54) is 19.1 Å². The van der Waals surface area contributed by atoms with Gasteiger partial charge in [-0.25, -0.2) is 4.39 Å². The molecule has 1 N–H and O–H groups in total. The Labute approximate surface area is 198 Å². The zero-order chi connectivity index (χ0) is 24.9. The van der Waals surface area contributed by atoms with Crippen molar-refractivity contribution in [2.45, 2.75) is 89.6 Å². The van der Waals surface area contributed by atoms with Gasteiger partial charge in [-0.2, -0.15) is 0 Å². The number of alkyl halides is 1. The molecule has 0 aromatic carbocycles. The van der Waals surface area contributed by atoms with Crippen molar-refractivity contribution in [1.29, 1.82) is 0 Å². The highest BCUT2D eigenvalue weighted by molar-refractivity contribution is 6.01. The van der Waals surface area contributed by atoms with E-state index in [0.29, 0.717) is 24.8 Å². The van der Waals surface area contributed by atoms with Crippen LogP contribution in [-0.4, -0.2) is 58.5 Å². The molecule has 4 aliphatic carbocycles. The number of esters is 1. The molecule has 0 radical (unpaired) electrons. The summed E-state index contributed by atoms with van der Waals surface area (Å²) in [6.45, 7) is 7.86. The largest absolute Gasteiger partial charge is 0.458 e. The first-order valence-corrected chi connectivity index (χ1v) is 12.1. The zero-order valence-electron chi connectivity index (χ0n) is 20.4. The number of allylic oxidation sites excluding steroid dienone is 4. The number of ether oxygens (including phenoxy) is 3. The maximum absolute atomic E-state index is 17.3. The fourth-order valence-corrected chi connectivity index (χ4v) is 8.08. The minimum absolute atomic E-state index is 0.0168. The number of halogens is 1. The fraction of sp³-hybridized carbons (Fsp3) is 0.731. The molecule has 0 amide bonds. The Kier molecular flexibility index (Phi) is 4.96. The summed E-state index contributed by atoms with van der Waals surface area (Å²) in [7, 11) is 0. The summed E-state index contributed by atoms with van der Waals surface area (Å²) in [5, 5.41) is 11.5. The Morgan fingerprint density at radius 1 is 1.24 bits per heavy atom. The van der Waals surface area contributed by atoms with Gasteiger partial charge in [-0.05, 0) is 64.5 Å². The van der Waals surface area contributed by atoms with Crippen LogP contribution >= 0.6 is 0 Å². The summed E-state index contributed by atoms with van der Waals surface area (Å²) >= 11 is 0. The molecule has 3 saturated carbocycles. The van der Waals surface area contributed by atoms with E-state index in [2.05, 4.69) is 0 Å². The summed E-state index contributed by atoms with van der Waals surface area (Å²) in [5.74, 6) is -3.11. The lowest BCUT2D eigenvalue weighted by Crippen LogP contribution is -2.70. The SMILES string of the molecule is CC(=O)OCC(=O)[C@@]12OC(C)(C)O[C@@H]1C[C@H]1[C@@H]3CCC4=CC(=O)C=C[C@]4(C)[C@@]3(F)[C@@H](O)C[C@@]12C. The van der Waals surface area contributed by atoms with E-state index in [4.69, 9.17) is 14.2 Å². The van der Waals surface area contributed by atoms with Crippen LogP contribution < -0.4 is 0 Å². The van der Waals surface area contributed by atoms with Crippen LogP contribution in [0.5, 0.6) is 0 Å². The van der Waals surface area contributed by atoms with Gasteiger partial charge in [0.2, 0.25) is 5.78 Å². The lowest BCUT2D eigenvalue weighted by molar-refractivity contribution is -0.246. The molecule has 0 spiro atoms. The molecule has 34 heavy (non-hydrogen) atoms. The number of hydrogen-bond acceptors (Lipinski definition) is 7. The van der Waals surface area contributed by atoms with Gasteiger partial charge >= 0.3 is 5.97 Å². The number of ketones is 2. The standard InChI is InChI=1S/C26H33FO7/c1-14(28)32-13-20(31)26-21(33-22(2,3)34-26)11-18-17-7-6-15-10-16(29)8-9-23(15,4)25(17,27)19(30)12-24(18,26)5/h8-10,17-19,21,30H,6-7,11-13H2,1-5H3/t17-,18-,19-,21+,23-,24-,25-,26+/m0/s1. The van der Waals surface area contributed by atoms with Crippen LogP contribution in [0.15, 0.2) is 23.8 Å². The van der Waals surface area contributed by atoms with Crippen LogP contribution in [0.4, 0.5) is 4.39 Å². The second kappa shape index (κ2) is 7.08. The molecule has 0 unspecified atom stereocenters. The lowest BCUT2D eigenvalue weighted by atomic mass is 9.44. The van der Waals surface area contributed by atoms with Crippen LogP contribution in [-0.2, 0) is 28.6 Å². The summed E-state index contributed by atoms with van der Waals surface area (Å²) in [5.41, 5.74) is -4.82. The highest BCUT2D eigenvalue weighted by Crippen LogP contribution is 2.72. The Hall–Kier alpha value is -1.90. The molecule has 5 rings (SSSR count). The third-order valence-corrected chi connectivity index (χ3v) is 9.45. The van der Waals surface area contributed by atoms with Crippen molar-refractivity contribution < 1.29 is 38.1 Å². The lowest BCUT2D eigenvalue weighted by Gasteiger charge is -2.62. The predicted molar refractivity (Wildman–Crippen MR) is 118 cm³/mol. The number of carbonyl (C=O) groups is 3. The van der Waals surface area contributed by atoms with Crippen molar-refractivity contribution in [3.63, 3.8) is 0 Å². The number of aliphatic hydroxyl groups excluding tert-OH is 1. The van der Waals surface area contributed by atoms with Gasteiger partial charge in [-0.15, -0.1) is 0 Å². The maximum Gasteiger partial charge on any atom is 0.303 e. The number of fused-ring (bicyclic) bond motifs is 7.